The molecular weight excluding hydrogens is 290 g/mol. The Hall–Kier alpha value is -2.28. The highest BCUT2D eigenvalue weighted by Gasteiger charge is 2.13. The third-order valence-electron chi connectivity index (χ3n) is 2.84. The topological polar surface area (TPSA) is 87.3 Å². The van der Waals surface area contributed by atoms with Crippen molar-refractivity contribution in [1.82, 2.24) is 10.2 Å². The van der Waals surface area contributed by atoms with Gasteiger partial charge in [0.15, 0.2) is 11.5 Å². The Morgan fingerprint density at radius 2 is 1.95 bits per heavy atom. The van der Waals surface area contributed by atoms with Gasteiger partial charge in [-0.1, -0.05) is 11.8 Å². The first-order valence-corrected chi connectivity index (χ1v) is 7.36. The van der Waals surface area contributed by atoms with Gasteiger partial charge in [0.2, 0.25) is 5.91 Å². The summed E-state index contributed by atoms with van der Waals surface area (Å²) < 4.78 is 11.0. The van der Waals surface area contributed by atoms with E-state index in [1.165, 1.54) is 11.8 Å². The van der Waals surface area contributed by atoms with Gasteiger partial charge in [0.25, 0.3) is 0 Å². The van der Waals surface area contributed by atoms with Crippen LogP contribution in [0.3, 0.4) is 0 Å². The molecule has 1 aromatic carbocycles. The lowest BCUT2D eigenvalue weighted by Crippen LogP contribution is -2.15. The monoisotopic (exact) mass is 303 g/mol. The summed E-state index contributed by atoms with van der Waals surface area (Å²) in [5.74, 6) is 1.27. The van der Waals surface area contributed by atoms with Crippen LogP contribution in [-0.4, -0.2) is 35.1 Å². The molecule has 0 saturated heterocycles. The van der Waals surface area contributed by atoms with Crippen LogP contribution in [0.15, 0.2) is 35.4 Å². The number of fused-ring (bicyclic) bond motifs is 1. The normalized spacial score (nSPS) is 13.0. The van der Waals surface area contributed by atoms with Crippen LogP contribution in [-0.2, 0) is 4.79 Å². The fourth-order valence-electron chi connectivity index (χ4n) is 1.90. The Bertz CT molecular complexity index is 661. The molecule has 0 radical (unpaired) electrons. The average molecular weight is 303 g/mol. The number of hydrogen-bond acceptors (Lipinski definition) is 6. The van der Waals surface area contributed by atoms with Gasteiger partial charge in [-0.15, -0.1) is 10.2 Å². The van der Waals surface area contributed by atoms with Crippen molar-refractivity contribution in [3.05, 3.63) is 30.3 Å². The fourth-order valence-corrected chi connectivity index (χ4v) is 2.45. The molecule has 3 rings (SSSR count). The number of nitrogens with zero attached hydrogens (tertiary/aromatic N) is 2. The molecule has 1 aromatic heterocycles. The number of benzene rings is 1. The van der Waals surface area contributed by atoms with E-state index >= 15 is 0 Å². The third-order valence-corrected chi connectivity index (χ3v) is 3.78. The summed E-state index contributed by atoms with van der Waals surface area (Å²) in [7, 11) is 0. The van der Waals surface area contributed by atoms with Gasteiger partial charge in [0.1, 0.15) is 18.2 Å². The molecule has 1 amide bonds. The predicted molar refractivity (Wildman–Crippen MR) is 78.4 cm³/mol. The first-order chi connectivity index (χ1) is 10.2. The minimum Gasteiger partial charge on any atom is -0.486 e. The number of rotatable bonds is 4. The van der Waals surface area contributed by atoms with E-state index in [2.05, 4.69) is 10.2 Å². The number of amides is 1. The van der Waals surface area contributed by atoms with Gasteiger partial charge in [-0.25, -0.2) is 0 Å². The minimum atomic E-state index is -0.377. The van der Waals surface area contributed by atoms with Gasteiger partial charge >= 0.3 is 0 Å². The van der Waals surface area contributed by atoms with Crippen LogP contribution < -0.4 is 15.2 Å². The fraction of sp³-hybridized carbons (Fsp3) is 0.214. The van der Waals surface area contributed by atoms with Crippen molar-refractivity contribution >= 4 is 17.7 Å². The summed E-state index contributed by atoms with van der Waals surface area (Å²) in [6.45, 7) is 1.11. The molecular formula is C14H13N3O3S. The van der Waals surface area contributed by atoms with Gasteiger partial charge in [-0.3, -0.25) is 4.79 Å². The summed E-state index contributed by atoms with van der Waals surface area (Å²) >= 11 is 1.26. The summed E-state index contributed by atoms with van der Waals surface area (Å²) in [5, 5.41) is 8.89. The molecule has 2 heterocycles. The highest BCUT2D eigenvalue weighted by atomic mass is 32.2. The second-order valence-corrected chi connectivity index (χ2v) is 5.37. The van der Waals surface area contributed by atoms with Crippen molar-refractivity contribution < 1.29 is 14.3 Å². The first kappa shape index (κ1) is 13.7. The van der Waals surface area contributed by atoms with E-state index < -0.39 is 0 Å². The smallest absolute Gasteiger partial charge is 0.227 e. The van der Waals surface area contributed by atoms with Crippen molar-refractivity contribution in [2.75, 3.05) is 19.0 Å². The molecule has 2 N–H and O–H groups in total. The van der Waals surface area contributed by atoms with E-state index in [1.54, 1.807) is 0 Å². The van der Waals surface area contributed by atoms with Crippen LogP contribution in [0.25, 0.3) is 11.3 Å². The summed E-state index contributed by atoms with van der Waals surface area (Å²) in [6.07, 6.45) is 0. The molecule has 0 atom stereocenters. The zero-order valence-electron chi connectivity index (χ0n) is 11.1. The molecule has 7 heteroatoms. The van der Waals surface area contributed by atoms with Crippen LogP contribution in [0.4, 0.5) is 0 Å². The van der Waals surface area contributed by atoms with Crippen LogP contribution in [0.2, 0.25) is 0 Å². The second kappa shape index (κ2) is 6.01. The predicted octanol–water partition coefficient (Wildman–Crippen LogP) is 1.49. The lowest BCUT2D eigenvalue weighted by molar-refractivity contribution is -0.115. The van der Waals surface area contributed by atoms with Crippen molar-refractivity contribution in [2.24, 2.45) is 5.73 Å². The van der Waals surface area contributed by atoms with Gasteiger partial charge in [0, 0.05) is 5.56 Å². The zero-order valence-corrected chi connectivity index (χ0v) is 11.9. The van der Waals surface area contributed by atoms with Crippen molar-refractivity contribution in [3.8, 4) is 22.8 Å². The number of carbonyl (C=O) groups is 1. The quantitative estimate of drug-likeness (QED) is 0.861. The van der Waals surface area contributed by atoms with Crippen LogP contribution in [0.1, 0.15) is 0 Å². The molecule has 1 aliphatic heterocycles. The molecule has 6 nitrogen and oxygen atoms in total. The lowest BCUT2D eigenvalue weighted by Gasteiger charge is -2.18. The van der Waals surface area contributed by atoms with Gasteiger partial charge < -0.3 is 15.2 Å². The van der Waals surface area contributed by atoms with E-state index in [-0.39, 0.29) is 11.7 Å². The Morgan fingerprint density at radius 1 is 1.14 bits per heavy atom. The van der Waals surface area contributed by atoms with E-state index in [1.807, 2.05) is 30.3 Å². The summed E-state index contributed by atoms with van der Waals surface area (Å²) in [5.41, 5.74) is 6.73. The maximum absolute atomic E-state index is 10.7. The maximum atomic E-state index is 10.7. The Balaban J connectivity index is 1.79. The molecule has 0 fully saturated rings. The van der Waals surface area contributed by atoms with Crippen molar-refractivity contribution in [3.63, 3.8) is 0 Å². The summed E-state index contributed by atoms with van der Waals surface area (Å²) in [4.78, 5) is 10.7. The van der Waals surface area contributed by atoms with Gasteiger partial charge in [-0.2, -0.15) is 0 Å². The van der Waals surface area contributed by atoms with Gasteiger partial charge in [0.05, 0.1) is 11.4 Å². The van der Waals surface area contributed by atoms with Crippen LogP contribution in [0, 0.1) is 0 Å². The largest absolute Gasteiger partial charge is 0.486 e. The number of aromatic nitrogens is 2. The van der Waals surface area contributed by atoms with E-state index in [0.717, 1.165) is 17.0 Å². The zero-order chi connectivity index (χ0) is 14.7. The first-order valence-electron chi connectivity index (χ1n) is 6.37. The highest BCUT2D eigenvalue weighted by molar-refractivity contribution is 7.99. The second-order valence-electron chi connectivity index (χ2n) is 4.37. The highest BCUT2D eigenvalue weighted by Crippen LogP contribution is 2.33. The lowest BCUT2D eigenvalue weighted by atomic mass is 10.1. The molecule has 0 aliphatic carbocycles. The molecule has 1 aliphatic rings. The number of nitrogens with two attached hydrogens (primary N) is 1. The number of hydrogen-bond donors (Lipinski definition) is 1. The number of carbonyl (C=O) groups excluding carboxylic acids is 1. The Morgan fingerprint density at radius 3 is 2.67 bits per heavy atom. The van der Waals surface area contributed by atoms with Gasteiger partial charge in [-0.05, 0) is 30.3 Å². The molecule has 108 valence electrons. The number of thioether (sulfide) groups is 1. The van der Waals surface area contributed by atoms with E-state index in [0.29, 0.717) is 24.0 Å². The van der Waals surface area contributed by atoms with Crippen molar-refractivity contribution in [2.45, 2.75) is 5.03 Å². The van der Waals surface area contributed by atoms with E-state index in [4.69, 9.17) is 15.2 Å². The van der Waals surface area contributed by atoms with Crippen molar-refractivity contribution in [1.29, 1.82) is 0 Å². The molecule has 21 heavy (non-hydrogen) atoms. The minimum absolute atomic E-state index is 0.193. The van der Waals surface area contributed by atoms with Crippen LogP contribution in [0.5, 0.6) is 11.5 Å². The SMILES string of the molecule is NC(=O)CSc1ccc(-c2ccc3c(c2)OCCO3)nn1. The van der Waals surface area contributed by atoms with E-state index in [9.17, 15) is 4.79 Å². The number of primary amides is 1. The maximum Gasteiger partial charge on any atom is 0.227 e. The molecule has 0 saturated carbocycles. The summed E-state index contributed by atoms with van der Waals surface area (Å²) in [6, 6.07) is 9.32. The molecule has 2 aromatic rings. The Labute approximate surface area is 125 Å². The molecule has 0 spiro atoms. The standard InChI is InChI=1S/C14H13N3O3S/c15-13(18)8-21-14-4-2-10(16-17-14)9-1-3-11-12(7-9)20-6-5-19-11/h1-4,7H,5-6,8H2,(H2,15,18). The molecule has 0 bridgehead atoms. The Kier molecular flexibility index (Phi) is 3.92. The third kappa shape index (κ3) is 3.25. The molecule has 0 unspecified atom stereocenters. The average Bonchev–Trinajstić information content (AvgIpc) is 2.53. The number of ether oxygens (including phenoxy) is 2. The van der Waals surface area contributed by atoms with Crippen LogP contribution >= 0.6 is 11.8 Å².